The van der Waals surface area contributed by atoms with E-state index in [1.807, 2.05) is 0 Å². The molecule has 2 heterocycles. The lowest BCUT2D eigenvalue weighted by Gasteiger charge is -2.36. The first-order valence-electron chi connectivity index (χ1n) is 28.5. The molecule has 6 N–H and O–H groups in total. The third-order valence-electron chi connectivity index (χ3n) is 17.8. The van der Waals surface area contributed by atoms with Crippen molar-refractivity contribution in [3.63, 3.8) is 0 Å². The van der Waals surface area contributed by atoms with Gasteiger partial charge in [-0.3, -0.25) is 28.8 Å². The Labute approximate surface area is 439 Å². The molecule has 9 rings (SSSR count). The molecule has 4 aliphatic carbocycles. The quantitative estimate of drug-likeness (QED) is 0.0863. The van der Waals surface area contributed by atoms with E-state index in [0.717, 1.165) is 149 Å². The molecule has 3 aromatic carbocycles. The Morgan fingerprint density at radius 3 is 1.30 bits per heavy atom. The molecule has 14 nitrogen and oxygen atoms in total. The van der Waals surface area contributed by atoms with Crippen LogP contribution in [0.1, 0.15) is 164 Å². The Bertz CT molecular complexity index is 2350. The summed E-state index contributed by atoms with van der Waals surface area (Å²) in [5.74, 6) is -0.798. The molecule has 0 spiro atoms. The molecule has 0 aromatic heterocycles. The van der Waals surface area contributed by atoms with Gasteiger partial charge < -0.3 is 41.7 Å². The highest BCUT2D eigenvalue weighted by atomic mass is 16.2. The fraction of sp³-hybridized carbons (Fsp3) is 0.600. The van der Waals surface area contributed by atoms with E-state index >= 15 is 0 Å². The van der Waals surface area contributed by atoms with Gasteiger partial charge in [-0.2, -0.15) is 0 Å². The van der Waals surface area contributed by atoms with E-state index in [4.69, 9.17) is 0 Å². The van der Waals surface area contributed by atoms with Gasteiger partial charge in [-0.15, -0.1) is 0 Å². The van der Waals surface area contributed by atoms with Crippen molar-refractivity contribution in [2.75, 3.05) is 27.2 Å². The van der Waals surface area contributed by atoms with Crippen LogP contribution in [0, 0.1) is 11.8 Å². The van der Waals surface area contributed by atoms with Crippen LogP contribution >= 0.6 is 0 Å². The highest BCUT2D eigenvalue weighted by Gasteiger charge is 2.44. The van der Waals surface area contributed by atoms with Crippen LogP contribution in [-0.4, -0.2) is 109 Å². The molecule has 2 saturated heterocycles. The van der Waals surface area contributed by atoms with Gasteiger partial charge in [0.25, 0.3) is 0 Å². The van der Waals surface area contributed by atoms with Gasteiger partial charge in [-0.1, -0.05) is 93.1 Å². The average molecular weight is 1010 g/mol. The van der Waals surface area contributed by atoms with Gasteiger partial charge in [0.05, 0.1) is 24.2 Å². The summed E-state index contributed by atoms with van der Waals surface area (Å²) in [4.78, 5) is 87.4. The molecular weight excluding hydrogens is 929 g/mol. The Kier molecular flexibility index (Phi) is 17.5. The van der Waals surface area contributed by atoms with Crippen LogP contribution in [0.15, 0.2) is 60.7 Å². The number of carbonyl (C=O) groups excluding carboxylic acids is 6. The van der Waals surface area contributed by atoms with Gasteiger partial charge in [0.15, 0.2) is 0 Å². The van der Waals surface area contributed by atoms with Crippen LogP contribution in [0.5, 0.6) is 0 Å². The van der Waals surface area contributed by atoms with E-state index < -0.39 is 36.3 Å². The van der Waals surface area contributed by atoms with E-state index in [0.29, 0.717) is 25.9 Å². The zero-order valence-electron chi connectivity index (χ0n) is 44.4. The molecule has 4 fully saturated rings. The summed E-state index contributed by atoms with van der Waals surface area (Å²) < 4.78 is 0. The second kappa shape index (κ2) is 24.4. The largest absolute Gasteiger partial charge is 0.347 e. The molecule has 3 aromatic rings. The van der Waals surface area contributed by atoms with Crippen molar-refractivity contribution in [3.8, 4) is 22.3 Å². The number of carbonyl (C=O) groups is 6. The Morgan fingerprint density at radius 2 is 0.892 bits per heavy atom. The van der Waals surface area contributed by atoms with Crippen molar-refractivity contribution in [1.82, 2.24) is 41.7 Å². The summed E-state index contributed by atoms with van der Waals surface area (Å²) >= 11 is 0. The number of nitrogens with one attached hydrogen (secondary N) is 6. The average Bonchev–Trinajstić information content (AvgIpc) is 4.15. The third-order valence-corrected chi connectivity index (χ3v) is 17.8. The predicted octanol–water partition coefficient (Wildman–Crippen LogP) is 7.34. The van der Waals surface area contributed by atoms with Gasteiger partial charge in [-0.25, -0.2) is 0 Å². The maximum atomic E-state index is 14.4. The van der Waals surface area contributed by atoms with E-state index in [2.05, 4.69) is 92.6 Å². The summed E-state index contributed by atoms with van der Waals surface area (Å²) in [6.07, 6.45) is 17.9. The topological polar surface area (TPSA) is 181 Å². The van der Waals surface area contributed by atoms with Crippen molar-refractivity contribution in [3.05, 3.63) is 82.9 Å². The summed E-state index contributed by atoms with van der Waals surface area (Å²) in [5.41, 5.74) is 9.21. The molecule has 6 amide bonds. The molecular formula is C60H82N8O6. The van der Waals surface area contributed by atoms with E-state index in [-0.39, 0.29) is 59.4 Å². The molecule has 74 heavy (non-hydrogen) atoms. The third kappa shape index (κ3) is 11.6. The monoisotopic (exact) mass is 1010 g/mol. The van der Waals surface area contributed by atoms with Crippen LogP contribution in [0.2, 0.25) is 0 Å². The highest BCUT2D eigenvalue weighted by Crippen LogP contribution is 2.41. The van der Waals surface area contributed by atoms with Gasteiger partial charge >= 0.3 is 0 Å². The molecule has 2 aliphatic heterocycles. The SMILES string of the molecule is CNC(C)C(=O)NC(C(=O)N1CCC[C@H]1C(=O)N[C@@H]1CCCc2c(-c3cccc(-c4cccc5c4CCC[C@H]5NC(=O)[C@@H]4CCCN4C(=O)C(NC(=O)C(C)NC)C4CCCCC4)c3)cccc21)C1CCCCC1. The van der Waals surface area contributed by atoms with Crippen LogP contribution in [0.3, 0.4) is 0 Å². The van der Waals surface area contributed by atoms with Crippen LogP contribution in [-0.2, 0) is 41.6 Å². The second-order valence-corrected chi connectivity index (χ2v) is 22.4. The van der Waals surface area contributed by atoms with E-state index in [1.54, 1.807) is 37.7 Å². The summed E-state index contributed by atoms with van der Waals surface area (Å²) in [5, 5.41) is 19.0. The number of likely N-dealkylation sites (N-methyl/N-ethyl adjacent to an activating group) is 2. The zero-order chi connectivity index (χ0) is 51.9. The number of nitrogens with zero attached hydrogens (tertiary/aromatic N) is 2. The number of rotatable bonds is 16. The lowest BCUT2D eigenvalue weighted by molar-refractivity contribution is -0.143. The second-order valence-electron chi connectivity index (χ2n) is 22.4. The Hall–Kier alpha value is -5.60. The maximum Gasteiger partial charge on any atom is 0.246 e. The number of amides is 6. The van der Waals surface area contributed by atoms with Crippen molar-refractivity contribution in [2.24, 2.45) is 11.8 Å². The summed E-state index contributed by atoms with van der Waals surface area (Å²) in [7, 11) is 3.48. The molecule has 4 unspecified atom stereocenters. The normalized spacial score (nSPS) is 23.9. The number of likely N-dealkylation sites (tertiary alicyclic amines) is 2. The standard InChI is InChI=1S/C60H82N8O6/c1-37(61-3)55(69)65-53(39-18-7-5-8-19-39)59(73)67-34-16-32-51(67)57(71)63-49-30-14-26-45-43(24-12-28-47(45)49)41-22-11-23-42(36-41)44-25-13-29-48-46(44)27-15-31-50(48)64-58(72)52-33-17-35-68(52)60(74)54(40-20-9-6-10-21-40)66-56(70)38(2)62-4/h11-13,22-25,28-29,36-40,49-54,61-62H,5-10,14-21,26-27,30-35H2,1-4H3,(H,63,71)(H,64,72)(H,65,69)(H,66,70)/t37?,38?,49-,50-,51+,52+,53?,54?/m1/s1. The van der Waals surface area contributed by atoms with Gasteiger partial charge in [-0.05, 0) is 180 Å². The van der Waals surface area contributed by atoms with Gasteiger partial charge in [0, 0.05) is 13.1 Å². The Balaban J connectivity index is 0.895. The minimum Gasteiger partial charge on any atom is -0.347 e. The predicted molar refractivity (Wildman–Crippen MR) is 288 cm³/mol. The number of benzene rings is 3. The van der Waals surface area contributed by atoms with Gasteiger partial charge in [0.1, 0.15) is 24.2 Å². The van der Waals surface area contributed by atoms with E-state index in [1.165, 1.54) is 11.1 Å². The molecule has 0 bridgehead atoms. The first-order valence-corrected chi connectivity index (χ1v) is 28.5. The number of hydrogen-bond donors (Lipinski definition) is 6. The molecule has 6 aliphatic rings. The van der Waals surface area contributed by atoms with Crippen molar-refractivity contribution in [1.29, 1.82) is 0 Å². The molecule has 8 atom stereocenters. The van der Waals surface area contributed by atoms with Crippen LogP contribution in [0.25, 0.3) is 22.3 Å². The van der Waals surface area contributed by atoms with Gasteiger partial charge in [0.2, 0.25) is 35.4 Å². The van der Waals surface area contributed by atoms with Crippen molar-refractivity contribution < 1.29 is 28.8 Å². The number of hydrogen-bond acceptors (Lipinski definition) is 8. The maximum absolute atomic E-state index is 14.4. The smallest absolute Gasteiger partial charge is 0.246 e. The molecule has 398 valence electrons. The fourth-order valence-corrected chi connectivity index (χ4v) is 13.4. The zero-order valence-corrected chi connectivity index (χ0v) is 44.4. The molecule has 0 radical (unpaired) electrons. The van der Waals surface area contributed by atoms with Crippen LogP contribution < -0.4 is 31.9 Å². The van der Waals surface area contributed by atoms with Crippen LogP contribution in [0.4, 0.5) is 0 Å². The first kappa shape index (κ1) is 53.2. The highest BCUT2D eigenvalue weighted by molar-refractivity contribution is 5.95. The molecule has 14 heteroatoms. The number of fused-ring (bicyclic) bond motifs is 2. The Morgan fingerprint density at radius 1 is 0.486 bits per heavy atom. The molecule has 2 saturated carbocycles. The lowest BCUT2D eigenvalue weighted by atomic mass is 9.81. The minimum atomic E-state index is -0.643. The summed E-state index contributed by atoms with van der Waals surface area (Å²) in [6, 6.07) is 17.9. The fourth-order valence-electron chi connectivity index (χ4n) is 13.4. The van der Waals surface area contributed by atoms with Crippen molar-refractivity contribution >= 4 is 35.4 Å². The minimum absolute atomic E-state index is 0.0564. The summed E-state index contributed by atoms with van der Waals surface area (Å²) in [6.45, 7) is 4.60. The van der Waals surface area contributed by atoms with E-state index in [9.17, 15) is 28.8 Å². The van der Waals surface area contributed by atoms with Crippen molar-refractivity contribution in [2.45, 2.75) is 191 Å². The lowest BCUT2D eigenvalue weighted by Crippen LogP contribution is -2.58. The first-order chi connectivity index (χ1) is 35.9.